The van der Waals surface area contributed by atoms with Gasteiger partial charge in [0.25, 0.3) is 0 Å². The van der Waals surface area contributed by atoms with E-state index in [2.05, 4.69) is 31.9 Å². The monoisotopic (exact) mass is 424 g/mol. The van der Waals surface area contributed by atoms with Crippen LogP contribution in [0.3, 0.4) is 0 Å². The first-order valence-corrected chi connectivity index (χ1v) is 8.27. The van der Waals surface area contributed by atoms with E-state index in [-0.39, 0.29) is 5.38 Å². The molecule has 0 radical (unpaired) electrons. The van der Waals surface area contributed by atoms with Crippen LogP contribution < -0.4 is 9.47 Å². The number of hydrogen-bond donors (Lipinski definition) is 0. The molecular formula is C13H11Br2ClO2S. The number of rotatable bonds is 4. The Morgan fingerprint density at radius 3 is 2.47 bits per heavy atom. The van der Waals surface area contributed by atoms with Crippen LogP contribution in [0.4, 0.5) is 0 Å². The summed E-state index contributed by atoms with van der Waals surface area (Å²) in [6.07, 6.45) is 0. The van der Waals surface area contributed by atoms with Crippen molar-refractivity contribution in [3.8, 4) is 11.5 Å². The highest BCUT2D eigenvalue weighted by Crippen LogP contribution is 2.44. The van der Waals surface area contributed by atoms with Gasteiger partial charge in [-0.25, -0.2) is 0 Å². The Labute approximate surface area is 137 Å². The first kappa shape index (κ1) is 15.2. The van der Waals surface area contributed by atoms with Gasteiger partial charge < -0.3 is 9.47 Å². The SMILES string of the molecule is COc1ccc(C(Cl)c2csc(Br)c2)c(OC)c1Br. The fourth-order valence-electron chi connectivity index (χ4n) is 1.75. The number of hydrogen-bond acceptors (Lipinski definition) is 3. The zero-order valence-corrected chi connectivity index (χ0v) is 15.0. The molecule has 2 rings (SSSR count). The maximum absolute atomic E-state index is 6.54. The second kappa shape index (κ2) is 6.48. The molecule has 0 saturated carbocycles. The van der Waals surface area contributed by atoms with Gasteiger partial charge in [-0.05, 0) is 61.0 Å². The van der Waals surface area contributed by atoms with E-state index in [1.165, 1.54) is 0 Å². The predicted octanol–water partition coefficient (Wildman–Crippen LogP) is 5.62. The van der Waals surface area contributed by atoms with Gasteiger partial charge in [-0.3, -0.25) is 0 Å². The normalized spacial score (nSPS) is 12.3. The van der Waals surface area contributed by atoms with Gasteiger partial charge in [0.1, 0.15) is 16.0 Å². The fourth-order valence-corrected chi connectivity index (χ4v) is 4.01. The molecule has 1 aromatic heterocycles. The minimum Gasteiger partial charge on any atom is -0.495 e. The summed E-state index contributed by atoms with van der Waals surface area (Å²) in [4.78, 5) is 0. The van der Waals surface area contributed by atoms with Gasteiger partial charge in [-0.1, -0.05) is 0 Å². The molecule has 1 aromatic carbocycles. The van der Waals surface area contributed by atoms with Gasteiger partial charge in [0.2, 0.25) is 0 Å². The first-order chi connectivity index (χ1) is 9.08. The molecule has 6 heteroatoms. The number of benzene rings is 1. The van der Waals surface area contributed by atoms with Crippen molar-refractivity contribution < 1.29 is 9.47 Å². The average molecular weight is 427 g/mol. The number of ether oxygens (including phenoxy) is 2. The molecule has 0 saturated heterocycles. The maximum atomic E-state index is 6.54. The van der Waals surface area contributed by atoms with Crippen LogP contribution in [-0.4, -0.2) is 14.2 Å². The lowest BCUT2D eigenvalue weighted by molar-refractivity contribution is 0.386. The summed E-state index contributed by atoms with van der Waals surface area (Å²) >= 11 is 15.1. The van der Waals surface area contributed by atoms with Crippen molar-refractivity contribution in [1.29, 1.82) is 0 Å². The van der Waals surface area contributed by atoms with Crippen LogP contribution in [0.2, 0.25) is 0 Å². The third-order valence-electron chi connectivity index (χ3n) is 2.67. The Bertz CT molecular complexity index is 586. The molecule has 1 heterocycles. The molecule has 19 heavy (non-hydrogen) atoms. The molecule has 2 aromatic rings. The molecule has 1 atom stereocenters. The predicted molar refractivity (Wildman–Crippen MR) is 87.0 cm³/mol. The van der Waals surface area contributed by atoms with Gasteiger partial charge in [-0.15, -0.1) is 22.9 Å². The summed E-state index contributed by atoms with van der Waals surface area (Å²) in [6.45, 7) is 0. The minimum absolute atomic E-state index is 0.264. The van der Waals surface area contributed by atoms with E-state index >= 15 is 0 Å². The van der Waals surface area contributed by atoms with Gasteiger partial charge in [0.15, 0.2) is 0 Å². The van der Waals surface area contributed by atoms with Crippen LogP contribution in [0.5, 0.6) is 11.5 Å². The summed E-state index contributed by atoms with van der Waals surface area (Å²) in [6, 6.07) is 5.81. The molecule has 0 aliphatic heterocycles. The minimum atomic E-state index is -0.264. The fraction of sp³-hybridized carbons (Fsp3) is 0.231. The number of alkyl halides is 1. The summed E-state index contributed by atoms with van der Waals surface area (Å²) in [5.74, 6) is 1.41. The lowest BCUT2D eigenvalue weighted by Crippen LogP contribution is -1.99. The van der Waals surface area contributed by atoms with Crippen LogP contribution in [0.15, 0.2) is 31.8 Å². The molecular weight excluding hydrogens is 415 g/mol. The van der Waals surface area contributed by atoms with Crippen molar-refractivity contribution in [2.24, 2.45) is 0 Å². The Hall–Kier alpha value is -0.230. The molecule has 0 fully saturated rings. The molecule has 102 valence electrons. The van der Waals surface area contributed by atoms with E-state index in [4.69, 9.17) is 21.1 Å². The molecule has 2 nitrogen and oxygen atoms in total. The number of thiophene rings is 1. The van der Waals surface area contributed by atoms with Gasteiger partial charge in [-0.2, -0.15) is 0 Å². The lowest BCUT2D eigenvalue weighted by Gasteiger charge is -2.16. The highest BCUT2D eigenvalue weighted by atomic mass is 79.9. The first-order valence-electron chi connectivity index (χ1n) is 5.36. The van der Waals surface area contributed by atoms with Gasteiger partial charge >= 0.3 is 0 Å². The second-order valence-corrected chi connectivity index (χ2v) is 7.27. The third kappa shape index (κ3) is 3.10. The Morgan fingerprint density at radius 1 is 1.21 bits per heavy atom. The van der Waals surface area contributed by atoms with Crippen LogP contribution in [0.1, 0.15) is 16.5 Å². The van der Waals surface area contributed by atoms with Crippen LogP contribution in [-0.2, 0) is 0 Å². The van der Waals surface area contributed by atoms with Crippen LogP contribution in [0, 0.1) is 0 Å². The highest BCUT2D eigenvalue weighted by molar-refractivity contribution is 9.11. The molecule has 0 bridgehead atoms. The van der Waals surface area contributed by atoms with E-state index in [1.54, 1.807) is 25.6 Å². The maximum Gasteiger partial charge on any atom is 0.141 e. The quantitative estimate of drug-likeness (QED) is 0.591. The molecule has 0 aliphatic carbocycles. The molecule has 0 aliphatic rings. The van der Waals surface area contributed by atoms with Crippen molar-refractivity contribution in [3.63, 3.8) is 0 Å². The molecule has 0 N–H and O–H groups in total. The zero-order valence-electron chi connectivity index (χ0n) is 10.2. The van der Waals surface area contributed by atoms with Crippen LogP contribution in [0.25, 0.3) is 0 Å². The summed E-state index contributed by atoms with van der Waals surface area (Å²) < 4.78 is 12.5. The van der Waals surface area contributed by atoms with E-state index in [0.717, 1.165) is 25.1 Å². The van der Waals surface area contributed by atoms with Crippen molar-refractivity contribution >= 4 is 54.8 Å². The van der Waals surface area contributed by atoms with Gasteiger partial charge in [0.05, 0.1) is 23.4 Å². The Morgan fingerprint density at radius 2 is 1.95 bits per heavy atom. The lowest BCUT2D eigenvalue weighted by atomic mass is 10.1. The van der Waals surface area contributed by atoms with Crippen LogP contribution >= 0.6 is 54.8 Å². The van der Waals surface area contributed by atoms with E-state index < -0.39 is 0 Å². The highest BCUT2D eigenvalue weighted by Gasteiger charge is 2.21. The Kier molecular flexibility index (Phi) is 5.17. The van der Waals surface area contributed by atoms with Crippen molar-refractivity contribution in [1.82, 2.24) is 0 Å². The van der Waals surface area contributed by atoms with E-state index in [1.807, 2.05) is 23.6 Å². The van der Waals surface area contributed by atoms with Crippen molar-refractivity contribution in [2.45, 2.75) is 5.38 Å². The molecule has 0 amide bonds. The van der Waals surface area contributed by atoms with Crippen molar-refractivity contribution in [2.75, 3.05) is 14.2 Å². The topological polar surface area (TPSA) is 18.5 Å². The largest absolute Gasteiger partial charge is 0.495 e. The second-order valence-electron chi connectivity index (χ2n) is 3.75. The Balaban J connectivity index is 2.47. The smallest absolute Gasteiger partial charge is 0.141 e. The standard InChI is InChI=1S/C13H11Br2ClO2S/c1-17-9-4-3-8(13(18-2)11(9)15)12(16)7-5-10(14)19-6-7/h3-6,12H,1-2H3. The average Bonchev–Trinajstić information content (AvgIpc) is 2.84. The van der Waals surface area contributed by atoms with Gasteiger partial charge in [0, 0.05) is 5.56 Å². The summed E-state index contributed by atoms with van der Waals surface area (Å²) in [5, 5.41) is 1.76. The third-order valence-corrected chi connectivity index (χ3v) is 5.43. The molecule has 1 unspecified atom stereocenters. The summed E-state index contributed by atoms with van der Waals surface area (Å²) in [7, 11) is 3.24. The van der Waals surface area contributed by atoms with Crippen molar-refractivity contribution in [3.05, 3.63) is 43.0 Å². The summed E-state index contributed by atoms with van der Waals surface area (Å²) in [5.41, 5.74) is 1.94. The number of methoxy groups -OCH3 is 2. The van der Waals surface area contributed by atoms with E-state index in [9.17, 15) is 0 Å². The number of halogens is 3. The van der Waals surface area contributed by atoms with E-state index in [0.29, 0.717) is 5.75 Å². The zero-order chi connectivity index (χ0) is 14.0. The molecule has 0 spiro atoms.